The summed E-state index contributed by atoms with van der Waals surface area (Å²) in [7, 11) is 0. The van der Waals surface area contributed by atoms with Crippen molar-refractivity contribution in [2.45, 2.75) is 51.7 Å². The van der Waals surface area contributed by atoms with Crippen molar-refractivity contribution in [3.8, 4) is 0 Å². The smallest absolute Gasteiger partial charge is 0.407 e. The topological polar surface area (TPSA) is 106 Å². The van der Waals surface area contributed by atoms with Crippen LogP contribution in [0.25, 0.3) is 0 Å². The van der Waals surface area contributed by atoms with Crippen molar-refractivity contribution in [1.82, 2.24) is 10.3 Å². The van der Waals surface area contributed by atoms with Crippen molar-refractivity contribution >= 4 is 17.8 Å². The Hall–Kier alpha value is -2.31. The molecule has 7 heteroatoms. The zero-order valence-corrected chi connectivity index (χ0v) is 13.1. The second-order valence-corrected chi connectivity index (χ2v) is 6.41. The maximum Gasteiger partial charge on any atom is 0.407 e. The van der Waals surface area contributed by atoms with Crippen LogP contribution in [0, 0.1) is 0 Å². The number of nitrogens with two attached hydrogens (primary N) is 1. The Morgan fingerprint density at radius 2 is 2.14 bits per heavy atom. The van der Waals surface area contributed by atoms with Crippen LogP contribution in [-0.2, 0) is 17.6 Å². The molecule has 0 saturated heterocycles. The highest BCUT2D eigenvalue weighted by atomic mass is 16.6. The number of nitrogens with one attached hydrogen (secondary N) is 2. The molecule has 1 aromatic rings. The minimum Gasteiger partial charge on any atom is -0.444 e. The van der Waals surface area contributed by atoms with Gasteiger partial charge in [-0.05, 0) is 51.7 Å². The molecule has 1 unspecified atom stereocenters. The fourth-order valence-corrected chi connectivity index (χ4v) is 2.43. The summed E-state index contributed by atoms with van der Waals surface area (Å²) < 4.78 is 5.27. The van der Waals surface area contributed by atoms with Crippen LogP contribution in [0.2, 0.25) is 0 Å². The summed E-state index contributed by atoms with van der Waals surface area (Å²) in [6, 6.07) is 1.21. The van der Waals surface area contributed by atoms with Gasteiger partial charge in [-0.2, -0.15) is 0 Å². The van der Waals surface area contributed by atoms with Crippen molar-refractivity contribution in [3.05, 3.63) is 23.5 Å². The molecule has 0 spiro atoms. The molecular weight excluding hydrogens is 284 g/mol. The molecule has 3 amide bonds. The first-order valence-electron chi connectivity index (χ1n) is 7.27. The number of anilines is 1. The summed E-state index contributed by atoms with van der Waals surface area (Å²) in [5.74, 6) is 0. The average Bonchev–Trinajstić information content (AvgIpc) is 2.35. The summed E-state index contributed by atoms with van der Waals surface area (Å²) in [6.45, 7) is 5.48. The minimum absolute atomic E-state index is 0.00650. The number of carbonyl (C=O) groups excluding carboxylic acids is 2. The Balaban J connectivity index is 2.00. The number of hydrogen-bond acceptors (Lipinski definition) is 4. The van der Waals surface area contributed by atoms with Gasteiger partial charge in [-0.3, -0.25) is 4.98 Å². The second-order valence-electron chi connectivity index (χ2n) is 6.41. The van der Waals surface area contributed by atoms with Crippen LogP contribution < -0.4 is 16.4 Å². The fraction of sp³-hybridized carbons (Fsp3) is 0.533. The van der Waals surface area contributed by atoms with E-state index in [9.17, 15) is 9.59 Å². The molecule has 0 fully saturated rings. The molecule has 120 valence electrons. The highest BCUT2D eigenvalue weighted by molar-refractivity contribution is 5.87. The van der Waals surface area contributed by atoms with Crippen molar-refractivity contribution in [3.63, 3.8) is 0 Å². The van der Waals surface area contributed by atoms with Gasteiger partial charge in [0.1, 0.15) is 5.60 Å². The molecule has 7 nitrogen and oxygen atoms in total. The van der Waals surface area contributed by atoms with E-state index in [-0.39, 0.29) is 6.04 Å². The molecule has 0 bridgehead atoms. The Kier molecular flexibility index (Phi) is 4.54. The van der Waals surface area contributed by atoms with E-state index in [2.05, 4.69) is 15.6 Å². The molecule has 0 radical (unpaired) electrons. The SMILES string of the molecule is CC(C)(C)OC(=O)NC1CCc2ncc(NC(N)=O)cc2C1. The molecule has 2 rings (SSSR count). The quantitative estimate of drug-likeness (QED) is 0.776. The number of hydrogen-bond donors (Lipinski definition) is 3. The standard InChI is InChI=1S/C15H22N4O3/c1-15(2,3)22-14(21)19-10-4-5-12-9(6-10)7-11(8-17-12)18-13(16)20/h7-8,10H,4-6H2,1-3H3,(H,19,21)(H3,16,18,20). The zero-order valence-electron chi connectivity index (χ0n) is 13.1. The monoisotopic (exact) mass is 306 g/mol. The van der Waals surface area contributed by atoms with Crippen molar-refractivity contribution in [2.75, 3.05) is 5.32 Å². The third-order valence-corrected chi connectivity index (χ3v) is 3.24. The van der Waals surface area contributed by atoms with E-state index in [0.29, 0.717) is 12.1 Å². The molecule has 0 aliphatic heterocycles. The Morgan fingerprint density at radius 1 is 1.41 bits per heavy atom. The first-order valence-corrected chi connectivity index (χ1v) is 7.27. The highest BCUT2D eigenvalue weighted by Crippen LogP contribution is 2.22. The van der Waals surface area contributed by atoms with Crippen molar-refractivity contribution in [1.29, 1.82) is 0 Å². The third kappa shape index (κ3) is 4.61. The Bertz CT molecular complexity index is 581. The number of urea groups is 1. The number of ether oxygens (including phenoxy) is 1. The second kappa shape index (κ2) is 6.21. The van der Waals surface area contributed by atoms with Gasteiger partial charge < -0.3 is 21.1 Å². The van der Waals surface area contributed by atoms with Crippen LogP contribution in [0.1, 0.15) is 38.4 Å². The Labute approximate surface area is 129 Å². The van der Waals surface area contributed by atoms with Crippen LogP contribution in [-0.4, -0.2) is 28.8 Å². The maximum absolute atomic E-state index is 11.8. The first kappa shape index (κ1) is 16.1. The first-order chi connectivity index (χ1) is 10.2. The summed E-state index contributed by atoms with van der Waals surface area (Å²) in [5, 5.41) is 5.38. The molecule has 1 aliphatic carbocycles. The summed E-state index contributed by atoms with van der Waals surface area (Å²) in [6.07, 6.45) is 3.40. The maximum atomic E-state index is 11.8. The molecular formula is C15H22N4O3. The van der Waals surface area contributed by atoms with Crippen LogP contribution >= 0.6 is 0 Å². The summed E-state index contributed by atoms with van der Waals surface area (Å²) >= 11 is 0. The van der Waals surface area contributed by atoms with Gasteiger partial charge in [-0.1, -0.05) is 0 Å². The van der Waals surface area contributed by atoms with Crippen LogP contribution in [0.15, 0.2) is 12.3 Å². The van der Waals surface area contributed by atoms with E-state index in [1.165, 1.54) is 0 Å². The van der Waals surface area contributed by atoms with Gasteiger partial charge in [0.15, 0.2) is 0 Å². The van der Waals surface area contributed by atoms with Gasteiger partial charge in [-0.15, -0.1) is 0 Å². The lowest BCUT2D eigenvalue weighted by Crippen LogP contribution is -2.42. The predicted molar refractivity (Wildman–Crippen MR) is 82.6 cm³/mol. The van der Waals surface area contributed by atoms with Crippen LogP contribution in [0.5, 0.6) is 0 Å². The van der Waals surface area contributed by atoms with E-state index < -0.39 is 17.7 Å². The number of carbonyl (C=O) groups is 2. The molecule has 22 heavy (non-hydrogen) atoms. The van der Waals surface area contributed by atoms with Crippen LogP contribution in [0.3, 0.4) is 0 Å². The number of fused-ring (bicyclic) bond motifs is 1. The summed E-state index contributed by atoms with van der Waals surface area (Å²) in [5.41, 5.74) is 7.13. The summed E-state index contributed by atoms with van der Waals surface area (Å²) in [4.78, 5) is 27.0. The fourth-order valence-electron chi connectivity index (χ4n) is 2.43. The third-order valence-electron chi connectivity index (χ3n) is 3.24. The number of rotatable bonds is 2. The molecule has 1 atom stereocenters. The van der Waals surface area contributed by atoms with E-state index in [0.717, 1.165) is 24.1 Å². The van der Waals surface area contributed by atoms with E-state index in [1.807, 2.05) is 26.8 Å². The molecule has 4 N–H and O–H groups in total. The molecule has 1 heterocycles. The van der Waals surface area contributed by atoms with Gasteiger partial charge in [0.25, 0.3) is 0 Å². The number of aryl methyl sites for hydroxylation is 1. The minimum atomic E-state index is -0.624. The number of pyridine rings is 1. The number of amides is 3. The van der Waals surface area contributed by atoms with Gasteiger partial charge in [0.05, 0.1) is 11.9 Å². The van der Waals surface area contributed by atoms with E-state index in [1.54, 1.807) is 6.20 Å². The Morgan fingerprint density at radius 3 is 2.77 bits per heavy atom. The average molecular weight is 306 g/mol. The lowest BCUT2D eigenvalue weighted by Gasteiger charge is -2.27. The van der Waals surface area contributed by atoms with Gasteiger partial charge in [0.2, 0.25) is 0 Å². The normalized spacial score (nSPS) is 17.3. The molecule has 0 aromatic carbocycles. The molecule has 0 saturated carbocycles. The van der Waals surface area contributed by atoms with Gasteiger partial charge >= 0.3 is 12.1 Å². The predicted octanol–water partition coefficient (Wildman–Crippen LogP) is 1.95. The lowest BCUT2D eigenvalue weighted by atomic mass is 9.91. The van der Waals surface area contributed by atoms with Crippen molar-refractivity contribution in [2.24, 2.45) is 5.73 Å². The van der Waals surface area contributed by atoms with Crippen LogP contribution in [0.4, 0.5) is 15.3 Å². The number of nitrogens with zero attached hydrogens (tertiary/aromatic N) is 1. The van der Waals surface area contributed by atoms with Crippen molar-refractivity contribution < 1.29 is 14.3 Å². The van der Waals surface area contributed by atoms with Gasteiger partial charge in [-0.25, -0.2) is 9.59 Å². The number of primary amides is 1. The molecule has 1 aliphatic rings. The number of alkyl carbamates (subject to hydrolysis) is 1. The van der Waals surface area contributed by atoms with Gasteiger partial charge in [0, 0.05) is 11.7 Å². The highest BCUT2D eigenvalue weighted by Gasteiger charge is 2.24. The molecule has 1 aromatic heterocycles. The largest absolute Gasteiger partial charge is 0.444 e. The zero-order chi connectivity index (χ0) is 16.3. The van der Waals surface area contributed by atoms with E-state index in [4.69, 9.17) is 10.5 Å². The van der Waals surface area contributed by atoms with E-state index >= 15 is 0 Å². The lowest BCUT2D eigenvalue weighted by molar-refractivity contribution is 0.0500. The number of aromatic nitrogens is 1.